The van der Waals surface area contributed by atoms with Gasteiger partial charge in [-0.1, -0.05) is 86.2 Å². The van der Waals surface area contributed by atoms with Gasteiger partial charge in [0.2, 0.25) is 0 Å². The Morgan fingerprint density at radius 2 is 1.16 bits per heavy atom. The van der Waals surface area contributed by atoms with E-state index in [1.807, 2.05) is 30.3 Å². The molecular formula is C42H41Br3Cl4N6O4S2. The Kier molecular flexibility index (Phi) is 20.2. The highest BCUT2D eigenvalue weighted by atomic mass is 79.9. The van der Waals surface area contributed by atoms with E-state index in [1.54, 1.807) is 35.7 Å². The van der Waals surface area contributed by atoms with Crippen LogP contribution in [0.15, 0.2) is 73.8 Å². The molecule has 0 radical (unpaired) electrons. The van der Waals surface area contributed by atoms with Crippen molar-refractivity contribution in [2.24, 2.45) is 11.8 Å². The van der Waals surface area contributed by atoms with Gasteiger partial charge in [0.05, 0.1) is 45.7 Å². The van der Waals surface area contributed by atoms with Gasteiger partial charge in [-0.15, -0.1) is 22.7 Å². The van der Waals surface area contributed by atoms with E-state index in [9.17, 15) is 9.59 Å². The molecule has 0 spiro atoms. The summed E-state index contributed by atoms with van der Waals surface area (Å²) in [4.78, 5) is 43.0. The van der Waals surface area contributed by atoms with Gasteiger partial charge in [-0.25, -0.2) is 29.5 Å². The minimum Gasteiger partial charge on any atom is -0.465 e. The Bertz CT molecular complexity index is 2470. The zero-order chi connectivity index (χ0) is 45.0. The molecule has 3 N–H and O–H groups in total. The molecule has 6 rings (SSSR count). The number of rotatable bonds is 12. The maximum atomic E-state index is 12.1. The first-order valence-electron chi connectivity index (χ1n) is 18.5. The van der Waals surface area contributed by atoms with Gasteiger partial charge >= 0.3 is 11.9 Å². The molecule has 0 unspecified atom stereocenters. The third kappa shape index (κ3) is 15.1. The van der Waals surface area contributed by atoms with Crippen LogP contribution in [0, 0.1) is 11.8 Å². The summed E-state index contributed by atoms with van der Waals surface area (Å²) >= 11 is 37.5. The minimum absolute atomic E-state index is 0.171. The number of carbonyl (C=O) groups excluding carboxylic acids is 2. The van der Waals surface area contributed by atoms with Crippen LogP contribution in [0.25, 0.3) is 22.5 Å². The van der Waals surface area contributed by atoms with E-state index < -0.39 is 11.9 Å². The van der Waals surface area contributed by atoms with Gasteiger partial charge in [0.25, 0.3) is 0 Å². The van der Waals surface area contributed by atoms with Gasteiger partial charge < -0.3 is 20.5 Å². The third-order valence-corrected chi connectivity index (χ3v) is 13.4. The number of pyridine rings is 2. The number of aryl methyl sites for hydroxylation is 2. The number of aromatic nitrogens is 4. The molecule has 0 aliphatic carbocycles. The molecule has 0 saturated heterocycles. The molecule has 0 aliphatic rings. The Labute approximate surface area is 408 Å². The lowest BCUT2D eigenvalue weighted by Crippen LogP contribution is -2.07. The summed E-state index contributed by atoms with van der Waals surface area (Å²) in [6.45, 7) is 8.84. The van der Waals surface area contributed by atoms with Crippen molar-refractivity contribution in [3.05, 3.63) is 115 Å². The predicted octanol–water partition coefficient (Wildman–Crippen LogP) is 15.1. The highest BCUT2D eigenvalue weighted by Gasteiger charge is 2.20. The largest absolute Gasteiger partial charge is 0.465 e. The number of hydrogen-bond donors (Lipinski definition) is 2. The second kappa shape index (κ2) is 24.3. The smallest absolute Gasteiger partial charge is 0.341 e. The number of nitrogens with zero attached hydrogens (tertiary/aromatic N) is 4. The number of thiazole rings is 2. The van der Waals surface area contributed by atoms with Gasteiger partial charge in [0.15, 0.2) is 9.05 Å². The maximum Gasteiger partial charge on any atom is 0.341 e. The fraction of sp³-hybridized carbons (Fsp3) is 0.286. The Morgan fingerprint density at radius 3 is 1.67 bits per heavy atom. The van der Waals surface area contributed by atoms with Crippen LogP contribution >= 0.6 is 117 Å². The topological polar surface area (TPSA) is 142 Å². The van der Waals surface area contributed by atoms with Crippen LogP contribution in [-0.4, -0.2) is 46.1 Å². The summed E-state index contributed by atoms with van der Waals surface area (Å²) in [5.41, 5.74) is 9.80. The molecular weight excluding hydrogens is 1100 g/mol. The van der Waals surface area contributed by atoms with Crippen molar-refractivity contribution < 1.29 is 19.1 Å². The van der Waals surface area contributed by atoms with Crippen molar-refractivity contribution in [2.45, 2.75) is 53.4 Å². The van der Waals surface area contributed by atoms with Gasteiger partial charge in [-0.05, 0) is 122 Å². The zero-order valence-electron chi connectivity index (χ0n) is 33.7. The van der Waals surface area contributed by atoms with Crippen LogP contribution in [-0.2, 0) is 22.3 Å². The van der Waals surface area contributed by atoms with Gasteiger partial charge in [0.1, 0.15) is 22.8 Å². The van der Waals surface area contributed by atoms with E-state index in [0.29, 0.717) is 57.4 Å². The molecule has 4 aromatic heterocycles. The summed E-state index contributed by atoms with van der Waals surface area (Å²) in [5.74, 6) is 0.834. The zero-order valence-corrected chi connectivity index (χ0v) is 43.1. The second-order valence-corrected chi connectivity index (χ2v) is 20.8. The number of methoxy groups -OCH3 is 2. The van der Waals surface area contributed by atoms with Crippen molar-refractivity contribution in [1.82, 2.24) is 19.9 Å². The SMILES string of the molecule is CC(C)CCc1sc(Br)nc1-c1ccc(Cl)c(Cl)c1.COC(=O)c1cc(Br)cnc1N.COC(=O)c1cc(Br)cnc1Nc1nc(-c2ccc(Cl)c(Cl)c2)c(CCC(C)C)s1. The molecule has 0 fully saturated rings. The summed E-state index contributed by atoms with van der Waals surface area (Å²) in [5, 5.41) is 5.93. The third-order valence-electron chi connectivity index (χ3n) is 8.43. The average molecular weight is 1140 g/mol. The van der Waals surface area contributed by atoms with Crippen LogP contribution in [0.1, 0.15) is 71.0 Å². The Balaban J connectivity index is 0.000000224. The number of nitrogens with one attached hydrogen (secondary N) is 1. The Hall–Kier alpha value is -2.86. The molecule has 61 heavy (non-hydrogen) atoms. The summed E-state index contributed by atoms with van der Waals surface area (Å²) in [7, 11) is 2.63. The predicted molar refractivity (Wildman–Crippen MR) is 263 cm³/mol. The number of nitrogens with two attached hydrogens (primary N) is 1. The molecule has 0 saturated carbocycles. The lowest BCUT2D eigenvalue weighted by atomic mass is 10.0. The van der Waals surface area contributed by atoms with Crippen molar-refractivity contribution in [1.29, 1.82) is 0 Å². The van der Waals surface area contributed by atoms with Crippen LogP contribution in [0.2, 0.25) is 20.1 Å². The molecule has 6 aromatic rings. The first-order valence-corrected chi connectivity index (χ1v) is 24.0. The van der Waals surface area contributed by atoms with E-state index >= 15 is 0 Å². The number of nitrogen functional groups attached to an aromatic ring is 1. The number of esters is 2. The second-order valence-electron chi connectivity index (χ2n) is 13.9. The van der Waals surface area contributed by atoms with Crippen molar-refractivity contribution in [2.75, 3.05) is 25.3 Å². The van der Waals surface area contributed by atoms with Crippen molar-refractivity contribution >= 4 is 146 Å². The standard InChI is InChI=1S/C21H20BrCl2N3O2S.C14H14BrCl2NS.C7H7BrN2O2/c1-11(2)4-7-17-18(12-5-6-15(23)16(24)8-12)26-21(30-17)27-19-14(20(28)29-3)9-13(22)10-25-19;1-8(2)3-6-12-13(18-14(15)19-12)9-4-5-10(16)11(17)7-9;1-12-7(11)5-2-4(8)3-10-6(5)9/h5-6,8-11H,4,7H2,1-3H3,(H,25,26,27);4-5,7-8H,3,6H2,1-2H3;2-3H,1H3,(H2,9,10). The van der Waals surface area contributed by atoms with Gasteiger partial charge in [-0.3, -0.25) is 0 Å². The molecule has 0 atom stereocenters. The van der Waals surface area contributed by atoms with Gasteiger partial charge in [-0.2, -0.15) is 0 Å². The maximum absolute atomic E-state index is 12.1. The first kappa shape index (κ1) is 50.8. The average Bonchev–Trinajstić information content (AvgIpc) is 3.82. The van der Waals surface area contributed by atoms with Crippen LogP contribution in [0.5, 0.6) is 0 Å². The molecule has 10 nitrogen and oxygen atoms in total. The fourth-order valence-corrected chi connectivity index (χ4v) is 9.11. The summed E-state index contributed by atoms with van der Waals surface area (Å²) in [6, 6.07) is 14.4. The number of halogens is 7. The molecule has 0 bridgehead atoms. The van der Waals surface area contributed by atoms with Crippen LogP contribution in [0.4, 0.5) is 16.8 Å². The van der Waals surface area contributed by atoms with Crippen LogP contribution in [0.3, 0.4) is 0 Å². The summed E-state index contributed by atoms with van der Waals surface area (Å²) < 4.78 is 11.6. The lowest BCUT2D eigenvalue weighted by Gasteiger charge is -2.07. The lowest BCUT2D eigenvalue weighted by molar-refractivity contribution is 0.0592. The van der Waals surface area contributed by atoms with E-state index in [1.165, 1.54) is 36.6 Å². The summed E-state index contributed by atoms with van der Waals surface area (Å²) in [6.07, 6.45) is 7.23. The number of hydrogen-bond acceptors (Lipinski definition) is 12. The molecule has 2 aromatic carbocycles. The first-order chi connectivity index (χ1) is 28.9. The minimum atomic E-state index is -0.485. The molecule has 19 heteroatoms. The van der Waals surface area contributed by atoms with Gasteiger partial charge in [0, 0.05) is 42.2 Å². The quantitative estimate of drug-likeness (QED) is 0.114. The number of benzene rings is 2. The number of carbonyl (C=O) groups is 2. The number of anilines is 3. The van der Waals surface area contributed by atoms with E-state index in [2.05, 4.69) is 100 Å². The van der Waals surface area contributed by atoms with E-state index in [0.717, 1.165) is 57.0 Å². The monoisotopic (exact) mass is 1130 g/mol. The molecule has 0 amide bonds. The normalized spacial score (nSPS) is 10.8. The molecule has 324 valence electrons. The highest BCUT2D eigenvalue weighted by molar-refractivity contribution is 9.11. The van der Waals surface area contributed by atoms with Crippen molar-refractivity contribution in [3.8, 4) is 22.5 Å². The molecule has 4 heterocycles. The highest BCUT2D eigenvalue weighted by Crippen LogP contribution is 2.38. The fourth-order valence-electron chi connectivity index (χ4n) is 5.27. The Morgan fingerprint density at radius 1 is 0.689 bits per heavy atom. The number of ether oxygens (including phenoxy) is 2. The van der Waals surface area contributed by atoms with Crippen LogP contribution < -0.4 is 11.1 Å². The van der Waals surface area contributed by atoms with E-state index in [-0.39, 0.29) is 11.4 Å². The molecule has 0 aliphatic heterocycles. The van der Waals surface area contributed by atoms with Crippen molar-refractivity contribution in [3.63, 3.8) is 0 Å². The van der Waals surface area contributed by atoms with E-state index in [4.69, 9.17) is 61.9 Å².